The summed E-state index contributed by atoms with van der Waals surface area (Å²) in [6, 6.07) is 19.2. The Balaban J connectivity index is 0.000000321. The van der Waals surface area contributed by atoms with E-state index in [1.807, 2.05) is 87.7 Å². The monoisotopic (exact) mass is 1170 g/mol. The van der Waals surface area contributed by atoms with Crippen molar-refractivity contribution in [2.24, 2.45) is 27.8 Å². The van der Waals surface area contributed by atoms with E-state index in [0.29, 0.717) is 29.3 Å². The van der Waals surface area contributed by atoms with Crippen molar-refractivity contribution in [3.63, 3.8) is 0 Å². The first kappa shape index (κ1) is 61.9. The molecule has 2 fully saturated rings. The van der Waals surface area contributed by atoms with Crippen LogP contribution in [-0.4, -0.2) is 94.1 Å². The van der Waals surface area contributed by atoms with Crippen LogP contribution in [-0.2, 0) is 29.5 Å². The molecule has 23 heteroatoms. The summed E-state index contributed by atoms with van der Waals surface area (Å²) in [6.07, 6.45) is 4.64. The zero-order chi connectivity index (χ0) is 53.3. The number of nitrogens with two attached hydrogens (primary N) is 3. The fourth-order valence-corrected chi connectivity index (χ4v) is 10.0. The minimum absolute atomic E-state index is 0. The van der Waals surface area contributed by atoms with Crippen molar-refractivity contribution in [1.29, 1.82) is 0 Å². The van der Waals surface area contributed by atoms with E-state index in [1.165, 1.54) is 12.1 Å². The van der Waals surface area contributed by atoms with Gasteiger partial charge in [0.15, 0.2) is 10.1 Å². The zero-order valence-corrected chi connectivity index (χ0v) is 46.8. The van der Waals surface area contributed by atoms with Gasteiger partial charge in [0.05, 0.1) is 17.4 Å². The Kier molecular flexibility index (Phi) is 21.7. The highest BCUT2D eigenvalue weighted by Crippen LogP contribution is 2.39. The van der Waals surface area contributed by atoms with E-state index in [4.69, 9.17) is 20.3 Å². The number of amides is 2. The van der Waals surface area contributed by atoms with Crippen molar-refractivity contribution < 1.29 is 40.3 Å². The number of nitrogens with zero attached hydrogens (tertiary/aromatic N) is 6. The number of nitrogens with one attached hydrogen (secondary N) is 1. The van der Waals surface area contributed by atoms with E-state index in [1.54, 1.807) is 12.1 Å². The highest BCUT2D eigenvalue weighted by Gasteiger charge is 2.44. The molecule has 7 N–H and O–H groups in total. The number of halogens is 3. The van der Waals surface area contributed by atoms with Crippen LogP contribution in [0.2, 0.25) is 0 Å². The molecule has 2 aliphatic rings. The van der Waals surface area contributed by atoms with E-state index in [0.717, 1.165) is 66.8 Å². The third-order valence-corrected chi connectivity index (χ3v) is 13.9. The maximum atomic E-state index is 12.8. The molecule has 4 atom stereocenters. The summed E-state index contributed by atoms with van der Waals surface area (Å²) in [7, 11) is -7.80. The smallest absolute Gasteiger partial charge is 0.410 e. The number of pyridine rings is 4. The third-order valence-electron chi connectivity index (χ3n) is 11.4. The van der Waals surface area contributed by atoms with Gasteiger partial charge in [-0.3, -0.25) is 0 Å². The number of ether oxygens (including phenoxy) is 2. The molecule has 0 saturated carbocycles. The van der Waals surface area contributed by atoms with Gasteiger partial charge in [-0.1, -0.05) is 31.7 Å². The van der Waals surface area contributed by atoms with E-state index in [9.17, 15) is 30.8 Å². The van der Waals surface area contributed by atoms with Crippen molar-refractivity contribution in [2.45, 2.75) is 160 Å². The number of rotatable bonds is 12. The second-order valence-corrected chi connectivity index (χ2v) is 25.6. The van der Waals surface area contributed by atoms with Crippen molar-refractivity contribution in [2.75, 3.05) is 18.4 Å². The Morgan fingerprint density at radius 1 is 0.694 bits per heavy atom. The third kappa shape index (κ3) is 19.8. The molecule has 6 rings (SSSR count). The molecule has 4 aromatic heterocycles. The van der Waals surface area contributed by atoms with Crippen LogP contribution in [0.1, 0.15) is 139 Å². The SMILES string of the molecule is C.CC(C)(C)OC(=O)N1C[C@@H](CCC(N)c2cccc(Br)n2)CC1(C)C.CC(C)(C)OC(=O)N1C[C@@H](CCC(Nc2cccc(S(N)(=O)=O)n2)c2cccc(Br)n2)CC1(C)C.NS(=O)(=O)c1cccc(F)n1. The van der Waals surface area contributed by atoms with Gasteiger partial charge >= 0.3 is 12.2 Å². The highest BCUT2D eigenvalue weighted by atomic mass is 79.9. The van der Waals surface area contributed by atoms with Gasteiger partial charge in [0.2, 0.25) is 5.95 Å². The zero-order valence-electron chi connectivity index (χ0n) is 42.0. The number of aromatic nitrogens is 4. The van der Waals surface area contributed by atoms with Crippen LogP contribution in [0.25, 0.3) is 0 Å². The van der Waals surface area contributed by atoms with Crippen LogP contribution in [0.4, 0.5) is 19.8 Å². The molecule has 0 spiro atoms. The van der Waals surface area contributed by atoms with Crippen molar-refractivity contribution in [1.82, 2.24) is 29.7 Å². The average Bonchev–Trinajstić information content (AvgIpc) is 3.73. The Morgan fingerprint density at radius 3 is 1.54 bits per heavy atom. The number of hydrogen-bond acceptors (Lipinski definition) is 14. The maximum absolute atomic E-state index is 12.8. The lowest BCUT2D eigenvalue weighted by Gasteiger charge is -2.33. The highest BCUT2D eigenvalue weighted by molar-refractivity contribution is 9.10. The van der Waals surface area contributed by atoms with Crippen molar-refractivity contribution >= 4 is 69.9 Å². The lowest BCUT2D eigenvalue weighted by atomic mass is 9.91. The molecular formula is C49H73Br2FN10O8S2. The first-order valence-electron chi connectivity index (χ1n) is 23.1. The number of likely N-dealkylation sites (tertiary alicyclic amines) is 2. The van der Waals surface area contributed by atoms with Crippen molar-refractivity contribution in [3.05, 3.63) is 99.3 Å². The van der Waals surface area contributed by atoms with E-state index < -0.39 is 42.2 Å². The lowest BCUT2D eigenvalue weighted by Crippen LogP contribution is -2.45. The van der Waals surface area contributed by atoms with Crippen LogP contribution in [0.15, 0.2) is 92.1 Å². The normalized spacial score (nSPS) is 18.3. The lowest BCUT2D eigenvalue weighted by molar-refractivity contribution is 0.0118. The van der Waals surface area contributed by atoms with Gasteiger partial charge in [-0.2, -0.15) is 4.39 Å². The van der Waals surface area contributed by atoms with Crippen LogP contribution in [0.3, 0.4) is 0 Å². The van der Waals surface area contributed by atoms with E-state index >= 15 is 0 Å². The van der Waals surface area contributed by atoms with Gasteiger partial charge in [-0.25, -0.2) is 56.6 Å². The number of anilines is 1. The topological polar surface area (TPSA) is 269 Å². The fourth-order valence-electron chi connectivity index (χ4n) is 8.33. The molecule has 2 unspecified atom stereocenters. The average molecular weight is 1170 g/mol. The molecule has 0 aliphatic carbocycles. The minimum Gasteiger partial charge on any atom is -0.444 e. The summed E-state index contributed by atoms with van der Waals surface area (Å²) in [5.74, 6) is 0.236. The first-order chi connectivity index (χ1) is 32.6. The molecule has 400 valence electrons. The predicted molar refractivity (Wildman–Crippen MR) is 284 cm³/mol. The number of carbonyl (C=O) groups is 2. The summed E-state index contributed by atoms with van der Waals surface area (Å²) >= 11 is 6.81. The molecule has 2 saturated heterocycles. The number of primary sulfonamides is 2. The fraction of sp³-hybridized carbons (Fsp3) is 0.551. The summed E-state index contributed by atoms with van der Waals surface area (Å²) < 4.78 is 69.5. The van der Waals surface area contributed by atoms with Gasteiger partial charge < -0.3 is 30.3 Å². The maximum Gasteiger partial charge on any atom is 0.410 e. The molecule has 0 bridgehead atoms. The van der Waals surface area contributed by atoms with Gasteiger partial charge in [0.1, 0.15) is 26.2 Å². The van der Waals surface area contributed by atoms with E-state index in [-0.39, 0.29) is 53.7 Å². The van der Waals surface area contributed by atoms with Gasteiger partial charge in [0, 0.05) is 30.2 Å². The molecule has 6 heterocycles. The molecule has 2 amide bonds. The van der Waals surface area contributed by atoms with Crippen molar-refractivity contribution in [3.8, 4) is 0 Å². The van der Waals surface area contributed by atoms with Gasteiger partial charge in [-0.05, 0) is 200 Å². The van der Waals surface area contributed by atoms with Crippen LogP contribution in [0.5, 0.6) is 0 Å². The summed E-state index contributed by atoms with van der Waals surface area (Å²) in [5, 5.41) is 12.6. The van der Waals surface area contributed by atoms with Crippen LogP contribution >= 0.6 is 31.9 Å². The predicted octanol–water partition coefficient (Wildman–Crippen LogP) is 10.0. The summed E-state index contributed by atoms with van der Waals surface area (Å²) in [5.41, 5.74) is 6.47. The molecule has 2 aliphatic heterocycles. The Bertz CT molecular complexity index is 2690. The molecule has 0 radical (unpaired) electrons. The number of carbonyl (C=O) groups excluding carboxylic acids is 2. The molecular weight excluding hydrogens is 1100 g/mol. The molecule has 4 aromatic rings. The Morgan fingerprint density at radius 2 is 1.11 bits per heavy atom. The largest absolute Gasteiger partial charge is 0.444 e. The van der Waals surface area contributed by atoms with E-state index in [2.05, 4.69) is 89.9 Å². The van der Waals surface area contributed by atoms with Crippen LogP contribution in [0, 0.1) is 17.8 Å². The number of hydrogen-bond donors (Lipinski definition) is 4. The Hall–Kier alpha value is -4.39. The molecule has 18 nitrogen and oxygen atoms in total. The standard InChI is InChI=1S/C24H34BrN5O4S.C19H30BrN3O2.C5H5FN2O2S.CH4/c1-23(2,3)34-22(31)30-15-16(14-24(30,4)5)12-13-18(17-8-6-9-19(25)27-17)28-20-10-7-11-21(29-20)35(26,32)33;1-18(2,3)25-17(24)23-12-13(11-19(23,4)5)9-10-14(21)15-7-6-8-16(20)22-15;6-4-2-1-3-5(8-4)11(7,9)10;/h6-11,16,18H,12-15H2,1-5H3,(H,28,29)(H2,26,32,33);6-8,13-14H,9-12,21H2,1-5H3;1-3H,(H2,7,9,10);1H4/t16-,18?;13-,14?;;/m00../s1. The second kappa shape index (κ2) is 25.2. The minimum atomic E-state index is -3.92. The molecule has 0 aromatic carbocycles. The quantitative estimate of drug-likeness (QED) is 0.0962. The Labute approximate surface area is 442 Å². The summed E-state index contributed by atoms with van der Waals surface area (Å²) in [4.78, 5) is 45.2. The first-order valence-corrected chi connectivity index (χ1v) is 27.7. The van der Waals surface area contributed by atoms with Gasteiger partial charge in [-0.15, -0.1) is 0 Å². The number of sulfonamides is 2. The van der Waals surface area contributed by atoms with Gasteiger partial charge in [0.25, 0.3) is 20.0 Å². The molecule has 72 heavy (non-hydrogen) atoms. The summed E-state index contributed by atoms with van der Waals surface area (Å²) in [6.45, 7) is 21.0. The second-order valence-electron chi connectivity index (χ2n) is 20.9. The van der Waals surface area contributed by atoms with Crippen LogP contribution < -0.4 is 21.3 Å².